The van der Waals surface area contributed by atoms with E-state index in [0.717, 1.165) is 24.3 Å². The van der Waals surface area contributed by atoms with Crippen molar-refractivity contribution in [1.29, 1.82) is 0 Å². The standard InChI is InChI=1S/C23H20ClF3N2O5/c1-11(22(32)33)28-20(30)9-15-12(2)29(18-10-17(24)19(34-3)8-16(15)18)21(31)13-4-6-14(7-5-13)23(25,26)27/h4-8,10-11H,9H2,1-3H3,(H,28,30)(H,32,33). The van der Waals surface area contributed by atoms with Crippen LogP contribution in [0, 0.1) is 6.92 Å². The van der Waals surface area contributed by atoms with Gasteiger partial charge in [0.15, 0.2) is 0 Å². The Morgan fingerprint density at radius 3 is 2.32 bits per heavy atom. The highest BCUT2D eigenvalue weighted by Gasteiger charge is 2.31. The topological polar surface area (TPSA) is 97.6 Å². The van der Waals surface area contributed by atoms with Gasteiger partial charge in [-0.05, 0) is 55.8 Å². The Balaban J connectivity index is 2.12. The third kappa shape index (κ3) is 4.86. The van der Waals surface area contributed by atoms with Crippen LogP contribution in [-0.2, 0) is 22.2 Å². The fourth-order valence-corrected chi connectivity index (χ4v) is 3.80. The number of carboxylic acids is 1. The van der Waals surface area contributed by atoms with Gasteiger partial charge in [0.05, 0.1) is 29.6 Å². The predicted octanol–water partition coefficient (Wildman–Crippen LogP) is 4.45. The zero-order chi connectivity index (χ0) is 25.4. The lowest BCUT2D eigenvalue weighted by molar-refractivity contribution is -0.141. The number of carbonyl (C=O) groups is 3. The van der Waals surface area contributed by atoms with Crippen molar-refractivity contribution in [3.63, 3.8) is 0 Å². The number of ether oxygens (including phenoxy) is 1. The van der Waals surface area contributed by atoms with E-state index in [1.807, 2.05) is 0 Å². The Labute approximate surface area is 197 Å². The number of hydrogen-bond donors (Lipinski definition) is 2. The first-order chi connectivity index (χ1) is 15.8. The van der Waals surface area contributed by atoms with Gasteiger partial charge in [-0.25, -0.2) is 0 Å². The van der Waals surface area contributed by atoms with Crippen LogP contribution in [0.15, 0.2) is 36.4 Å². The predicted molar refractivity (Wildman–Crippen MR) is 118 cm³/mol. The number of aliphatic carboxylic acids is 1. The molecule has 2 N–H and O–H groups in total. The van der Waals surface area contributed by atoms with Gasteiger partial charge < -0.3 is 15.2 Å². The number of fused-ring (bicyclic) bond motifs is 1. The molecule has 1 heterocycles. The minimum atomic E-state index is -4.55. The van der Waals surface area contributed by atoms with Crippen LogP contribution < -0.4 is 10.1 Å². The molecule has 0 fully saturated rings. The lowest BCUT2D eigenvalue weighted by Gasteiger charge is -2.11. The summed E-state index contributed by atoms with van der Waals surface area (Å²) in [6.07, 6.45) is -4.80. The number of nitrogens with one attached hydrogen (secondary N) is 1. The number of amides is 1. The third-order valence-corrected chi connectivity index (χ3v) is 5.65. The van der Waals surface area contributed by atoms with Gasteiger partial charge in [0.1, 0.15) is 11.8 Å². The van der Waals surface area contributed by atoms with Crippen molar-refractivity contribution in [2.24, 2.45) is 0 Å². The largest absolute Gasteiger partial charge is 0.495 e. The Kier molecular flexibility index (Phi) is 6.92. The molecule has 0 aliphatic heterocycles. The minimum Gasteiger partial charge on any atom is -0.495 e. The number of aromatic nitrogens is 1. The summed E-state index contributed by atoms with van der Waals surface area (Å²) in [6, 6.07) is 5.65. The van der Waals surface area contributed by atoms with Gasteiger partial charge in [0.2, 0.25) is 5.91 Å². The van der Waals surface area contributed by atoms with Gasteiger partial charge in [-0.1, -0.05) is 11.6 Å². The lowest BCUT2D eigenvalue weighted by atomic mass is 10.1. The molecule has 1 unspecified atom stereocenters. The number of benzene rings is 2. The zero-order valence-electron chi connectivity index (χ0n) is 18.3. The van der Waals surface area contributed by atoms with Crippen molar-refractivity contribution in [3.05, 3.63) is 63.8 Å². The molecule has 0 saturated heterocycles. The number of rotatable bonds is 6. The average Bonchev–Trinajstić information content (AvgIpc) is 3.02. The van der Waals surface area contributed by atoms with E-state index in [2.05, 4.69) is 5.32 Å². The number of nitrogens with zero attached hydrogens (tertiary/aromatic N) is 1. The van der Waals surface area contributed by atoms with Crippen molar-refractivity contribution in [1.82, 2.24) is 9.88 Å². The smallest absolute Gasteiger partial charge is 0.416 e. The van der Waals surface area contributed by atoms with Gasteiger partial charge in [-0.2, -0.15) is 13.2 Å². The molecule has 0 aliphatic rings. The van der Waals surface area contributed by atoms with E-state index in [0.29, 0.717) is 22.2 Å². The SMILES string of the molecule is COc1cc2c(CC(=O)NC(C)C(=O)O)c(C)n(C(=O)c3ccc(C(F)(F)F)cc3)c2cc1Cl. The quantitative estimate of drug-likeness (QED) is 0.525. The van der Waals surface area contributed by atoms with Crippen molar-refractivity contribution in [2.45, 2.75) is 32.5 Å². The van der Waals surface area contributed by atoms with E-state index in [-0.39, 0.29) is 22.8 Å². The highest BCUT2D eigenvalue weighted by atomic mass is 35.5. The summed E-state index contributed by atoms with van der Waals surface area (Å²) in [5.41, 5.74) is 0.191. The van der Waals surface area contributed by atoms with Crippen LogP contribution in [0.3, 0.4) is 0 Å². The maximum atomic E-state index is 13.3. The minimum absolute atomic E-state index is 0.00422. The second kappa shape index (κ2) is 9.38. The number of halogens is 4. The number of carbonyl (C=O) groups excluding carboxylic acids is 2. The van der Waals surface area contributed by atoms with Crippen LogP contribution in [0.2, 0.25) is 5.02 Å². The number of carboxylic acid groups (broad SMARTS) is 1. The summed E-state index contributed by atoms with van der Waals surface area (Å²) in [5.74, 6) is -2.14. The van der Waals surface area contributed by atoms with Gasteiger partial charge in [0.25, 0.3) is 5.91 Å². The van der Waals surface area contributed by atoms with Crippen LogP contribution in [0.25, 0.3) is 10.9 Å². The van der Waals surface area contributed by atoms with Crippen LogP contribution in [0.4, 0.5) is 13.2 Å². The summed E-state index contributed by atoms with van der Waals surface area (Å²) in [6.45, 7) is 2.89. The van der Waals surface area contributed by atoms with Gasteiger partial charge in [-0.15, -0.1) is 0 Å². The van der Waals surface area contributed by atoms with Gasteiger partial charge >= 0.3 is 12.1 Å². The molecular weight excluding hydrogens is 477 g/mol. The molecule has 0 bridgehead atoms. The highest BCUT2D eigenvalue weighted by molar-refractivity contribution is 6.33. The molecule has 34 heavy (non-hydrogen) atoms. The van der Waals surface area contributed by atoms with Gasteiger partial charge in [-0.3, -0.25) is 19.0 Å². The Hall–Kier alpha value is -3.53. The number of methoxy groups -OCH3 is 1. The third-order valence-electron chi connectivity index (χ3n) is 5.36. The summed E-state index contributed by atoms with van der Waals surface area (Å²) < 4.78 is 45.2. The van der Waals surface area contributed by atoms with E-state index in [1.165, 1.54) is 24.7 Å². The average molecular weight is 497 g/mol. The molecule has 0 aliphatic carbocycles. The molecule has 0 saturated carbocycles. The first-order valence-electron chi connectivity index (χ1n) is 9.96. The van der Waals surface area contributed by atoms with Crippen LogP contribution in [-0.4, -0.2) is 40.6 Å². The van der Waals surface area contributed by atoms with E-state index in [9.17, 15) is 27.6 Å². The van der Waals surface area contributed by atoms with Gasteiger partial charge in [0, 0.05) is 16.6 Å². The van der Waals surface area contributed by atoms with Crippen LogP contribution in [0.1, 0.15) is 34.1 Å². The molecule has 1 atom stereocenters. The molecule has 0 radical (unpaired) electrons. The molecule has 180 valence electrons. The molecule has 2 aromatic carbocycles. The van der Waals surface area contributed by atoms with Crippen molar-refractivity contribution in [3.8, 4) is 5.75 Å². The highest BCUT2D eigenvalue weighted by Crippen LogP contribution is 2.36. The first-order valence-corrected chi connectivity index (χ1v) is 10.3. The Bertz CT molecular complexity index is 1280. The zero-order valence-corrected chi connectivity index (χ0v) is 19.0. The monoisotopic (exact) mass is 496 g/mol. The normalized spacial score (nSPS) is 12.4. The summed E-state index contributed by atoms with van der Waals surface area (Å²) in [7, 11) is 1.39. The maximum Gasteiger partial charge on any atom is 0.416 e. The summed E-state index contributed by atoms with van der Waals surface area (Å²) >= 11 is 6.25. The second-order valence-electron chi connectivity index (χ2n) is 7.59. The van der Waals surface area contributed by atoms with E-state index in [4.69, 9.17) is 21.4 Å². The summed E-state index contributed by atoms with van der Waals surface area (Å²) in [5, 5.41) is 12.0. The van der Waals surface area contributed by atoms with Crippen molar-refractivity contribution in [2.75, 3.05) is 7.11 Å². The van der Waals surface area contributed by atoms with E-state index < -0.39 is 35.6 Å². The number of alkyl halides is 3. The van der Waals surface area contributed by atoms with Crippen LogP contribution >= 0.6 is 11.6 Å². The van der Waals surface area contributed by atoms with E-state index in [1.54, 1.807) is 13.0 Å². The fourth-order valence-electron chi connectivity index (χ4n) is 3.57. The van der Waals surface area contributed by atoms with Crippen molar-refractivity contribution < 1.29 is 37.4 Å². The molecular formula is C23H20ClF3N2O5. The van der Waals surface area contributed by atoms with Crippen LogP contribution in [0.5, 0.6) is 5.75 Å². The molecule has 3 rings (SSSR count). The number of hydrogen-bond acceptors (Lipinski definition) is 4. The Morgan fingerprint density at radius 2 is 1.79 bits per heavy atom. The maximum absolute atomic E-state index is 13.3. The van der Waals surface area contributed by atoms with E-state index >= 15 is 0 Å². The molecule has 1 amide bonds. The molecule has 0 spiro atoms. The Morgan fingerprint density at radius 1 is 1.18 bits per heavy atom. The fraction of sp³-hybridized carbons (Fsp3) is 0.261. The summed E-state index contributed by atoms with van der Waals surface area (Å²) in [4.78, 5) is 36.9. The molecule has 1 aromatic heterocycles. The first kappa shape index (κ1) is 25.1. The molecule has 11 heteroatoms. The van der Waals surface area contributed by atoms with Crippen molar-refractivity contribution >= 4 is 40.3 Å². The second-order valence-corrected chi connectivity index (χ2v) is 7.99. The molecule has 7 nitrogen and oxygen atoms in total. The molecule has 3 aromatic rings. The lowest BCUT2D eigenvalue weighted by Crippen LogP contribution is -2.39.